The smallest absolute Gasteiger partial charge is 0.339 e. The molecule has 0 fully saturated rings. The van der Waals surface area contributed by atoms with Crippen LogP contribution in [0.4, 0.5) is 16.3 Å². The maximum atomic E-state index is 11.9. The highest BCUT2D eigenvalue weighted by Crippen LogP contribution is 2.31. The Balaban J connectivity index is 2.19. The third-order valence-corrected chi connectivity index (χ3v) is 2.99. The van der Waals surface area contributed by atoms with Gasteiger partial charge in [-0.05, 0) is 18.2 Å². The predicted molar refractivity (Wildman–Crippen MR) is 81.8 cm³/mol. The average Bonchev–Trinajstić information content (AvgIpc) is 2.49. The average molecular weight is 322 g/mol. The Morgan fingerprint density at radius 2 is 2.05 bits per heavy atom. The number of methoxy groups -OCH3 is 1. The minimum atomic E-state index is -1.18. The van der Waals surface area contributed by atoms with E-state index in [4.69, 9.17) is 21.4 Å². The predicted octanol–water partition coefficient (Wildman–Crippen LogP) is 3.09. The Bertz CT molecular complexity index is 707. The number of hydrogen-bond acceptors (Lipinski definition) is 4. The number of aromatic carboxylic acids is 1. The molecule has 0 bridgehead atoms. The molecule has 0 aliphatic rings. The summed E-state index contributed by atoms with van der Waals surface area (Å²) in [6.07, 6.45) is 1.53. The van der Waals surface area contributed by atoms with Crippen LogP contribution in [-0.4, -0.2) is 29.2 Å². The van der Waals surface area contributed by atoms with Crippen LogP contribution in [0.3, 0.4) is 0 Å². The summed E-state index contributed by atoms with van der Waals surface area (Å²) < 4.78 is 4.98. The molecule has 2 rings (SSSR count). The van der Waals surface area contributed by atoms with E-state index in [1.807, 2.05) is 0 Å². The molecule has 3 N–H and O–H groups in total. The summed E-state index contributed by atoms with van der Waals surface area (Å²) >= 11 is 5.97. The molecule has 114 valence electrons. The maximum absolute atomic E-state index is 11.9. The number of nitrogens with one attached hydrogen (secondary N) is 2. The van der Waals surface area contributed by atoms with Crippen LogP contribution >= 0.6 is 11.6 Å². The fourth-order valence-corrected chi connectivity index (χ4v) is 1.90. The van der Waals surface area contributed by atoms with Gasteiger partial charge < -0.3 is 15.2 Å². The molecule has 0 saturated heterocycles. The number of amides is 2. The van der Waals surface area contributed by atoms with Crippen LogP contribution in [0.5, 0.6) is 5.75 Å². The summed E-state index contributed by atoms with van der Waals surface area (Å²) in [5.74, 6) is -0.724. The Morgan fingerprint density at radius 1 is 1.27 bits per heavy atom. The van der Waals surface area contributed by atoms with Crippen LogP contribution in [0.25, 0.3) is 0 Å². The summed E-state index contributed by atoms with van der Waals surface area (Å²) in [5.41, 5.74) is 0.125. The van der Waals surface area contributed by atoms with Gasteiger partial charge in [0.2, 0.25) is 0 Å². The first-order valence-electron chi connectivity index (χ1n) is 6.11. The minimum absolute atomic E-state index is 0.0781. The van der Waals surface area contributed by atoms with E-state index in [9.17, 15) is 9.59 Å². The molecule has 8 heteroatoms. The van der Waals surface area contributed by atoms with Crippen LogP contribution in [0.1, 0.15) is 10.4 Å². The molecule has 2 amide bonds. The number of benzene rings is 1. The fourth-order valence-electron chi connectivity index (χ4n) is 1.69. The van der Waals surface area contributed by atoms with Gasteiger partial charge in [-0.3, -0.25) is 5.32 Å². The summed E-state index contributed by atoms with van der Waals surface area (Å²) in [5, 5.41) is 14.1. The zero-order valence-corrected chi connectivity index (χ0v) is 12.2. The molecular weight excluding hydrogens is 310 g/mol. The van der Waals surface area contributed by atoms with Gasteiger partial charge in [-0.25, -0.2) is 14.6 Å². The number of carboxylic acid groups (broad SMARTS) is 1. The second kappa shape index (κ2) is 6.77. The van der Waals surface area contributed by atoms with Gasteiger partial charge in [0.25, 0.3) is 0 Å². The van der Waals surface area contributed by atoms with Crippen molar-refractivity contribution in [1.82, 2.24) is 4.98 Å². The van der Waals surface area contributed by atoms with Gasteiger partial charge in [0.15, 0.2) is 0 Å². The van der Waals surface area contributed by atoms with Crippen LogP contribution in [0.15, 0.2) is 36.5 Å². The van der Waals surface area contributed by atoms with Crippen molar-refractivity contribution < 1.29 is 19.4 Å². The number of carbonyl (C=O) groups excluding carboxylic acids is 1. The first kappa shape index (κ1) is 15.6. The molecule has 1 heterocycles. The molecule has 0 saturated carbocycles. The van der Waals surface area contributed by atoms with Crippen molar-refractivity contribution in [3.8, 4) is 5.75 Å². The number of urea groups is 1. The maximum Gasteiger partial charge on any atom is 0.339 e. The SMILES string of the molecule is COc1cc(NC(=O)Nc2ccccn2)c(Cl)cc1C(=O)O. The van der Waals surface area contributed by atoms with Gasteiger partial charge in [0.1, 0.15) is 17.1 Å². The number of pyridine rings is 1. The Hall–Kier alpha value is -2.80. The number of anilines is 2. The van der Waals surface area contributed by atoms with E-state index < -0.39 is 12.0 Å². The summed E-state index contributed by atoms with van der Waals surface area (Å²) in [6.45, 7) is 0. The molecular formula is C14H12ClN3O4. The lowest BCUT2D eigenvalue weighted by Crippen LogP contribution is -2.20. The van der Waals surface area contributed by atoms with Gasteiger partial charge in [-0.15, -0.1) is 0 Å². The molecule has 0 aliphatic carbocycles. The van der Waals surface area contributed by atoms with Crippen LogP contribution in [0, 0.1) is 0 Å². The quantitative estimate of drug-likeness (QED) is 0.803. The topological polar surface area (TPSA) is 101 Å². The molecule has 0 radical (unpaired) electrons. The second-order valence-corrected chi connectivity index (χ2v) is 4.54. The van der Waals surface area contributed by atoms with Crippen molar-refractivity contribution >= 4 is 35.1 Å². The molecule has 0 spiro atoms. The van der Waals surface area contributed by atoms with E-state index in [0.717, 1.165) is 0 Å². The van der Waals surface area contributed by atoms with Crippen LogP contribution in [0.2, 0.25) is 5.02 Å². The van der Waals surface area contributed by atoms with E-state index >= 15 is 0 Å². The molecule has 7 nitrogen and oxygen atoms in total. The molecule has 1 aromatic carbocycles. The first-order chi connectivity index (χ1) is 10.5. The largest absolute Gasteiger partial charge is 0.496 e. The number of ether oxygens (including phenoxy) is 1. The van der Waals surface area contributed by atoms with Gasteiger partial charge in [0.05, 0.1) is 17.8 Å². The molecule has 22 heavy (non-hydrogen) atoms. The lowest BCUT2D eigenvalue weighted by Gasteiger charge is -2.12. The monoisotopic (exact) mass is 321 g/mol. The van der Waals surface area contributed by atoms with E-state index in [2.05, 4.69) is 15.6 Å². The van der Waals surface area contributed by atoms with Crippen molar-refractivity contribution in [2.24, 2.45) is 0 Å². The Labute approximate surface area is 130 Å². The highest BCUT2D eigenvalue weighted by atomic mass is 35.5. The van der Waals surface area contributed by atoms with Crippen molar-refractivity contribution in [3.63, 3.8) is 0 Å². The molecule has 2 aromatic rings. The standard InChI is InChI=1S/C14H12ClN3O4/c1-22-11-7-10(9(15)6-8(11)13(19)20)17-14(21)18-12-4-2-3-5-16-12/h2-7H,1H3,(H,19,20)(H2,16,17,18,21). The molecule has 0 atom stereocenters. The van der Waals surface area contributed by atoms with E-state index in [1.54, 1.807) is 18.2 Å². The number of aromatic nitrogens is 1. The number of carboxylic acids is 1. The van der Waals surface area contributed by atoms with Crippen molar-refractivity contribution in [1.29, 1.82) is 0 Å². The van der Waals surface area contributed by atoms with Gasteiger partial charge in [-0.1, -0.05) is 17.7 Å². The Kier molecular flexibility index (Phi) is 4.80. The highest BCUT2D eigenvalue weighted by Gasteiger charge is 2.16. The van der Waals surface area contributed by atoms with Crippen LogP contribution in [-0.2, 0) is 0 Å². The number of hydrogen-bond donors (Lipinski definition) is 3. The van der Waals surface area contributed by atoms with Gasteiger partial charge >= 0.3 is 12.0 Å². The molecule has 1 aromatic heterocycles. The zero-order valence-electron chi connectivity index (χ0n) is 11.5. The number of carbonyl (C=O) groups is 2. The minimum Gasteiger partial charge on any atom is -0.496 e. The number of rotatable bonds is 4. The van der Waals surface area contributed by atoms with Crippen molar-refractivity contribution in [2.45, 2.75) is 0 Å². The number of nitrogens with zero attached hydrogens (tertiary/aromatic N) is 1. The molecule has 0 aliphatic heterocycles. The normalized spacial score (nSPS) is 9.91. The second-order valence-electron chi connectivity index (χ2n) is 4.13. The highest BCUT2D eigenvalue weighted by molar-refractivity contribution is 6.34. The van der Waals surface area contributed by atoms with Crippen LogP contribution < -0.4 is 15.4 Å². The first-order valence-corrected chi connectivity index (χ1v) is 6.49. The summed E-state index contributed by atoms with van der Waals surface area (Å²) in [4.78, 5) is 26.9. The van der Waals surface area contributed by atoms with E-state index in [1.165, 1.54) is 25.4 Å². The van der Waals surface area contributed by atoms with Gasteiger partial charge in [0, 0.05) is 12.3 Å². The zero-order chi connectivity index (χ0) is 16.1. The van der Waals surface area contributed by atoms with Gasteiger partial charge in [-0.2, -0.15) is 0 Å². The third-order valence-electron chi connectivity index (χ3n) is 2.67. The molecule has 0 unspecified atom stereocenters. The summed E-state index contributed by atoms with van der Waals surface area (Å²) in [7, 11) is 1.33. The number of halogens is 1. The fraction of sp³-hybridized carbons (Fsp3) is 0.0714. The summed E-state index contributed by atoms with van der Waals surface area (Å²) in [6, 6.07) is 7.04. The van der Waals surface area contributed by atoms with E-state index in [-0.39, 0.29) is 22.0 Å². The van der Waals surface area contributed by atoms with Crippen molar-refractivity contribution in [3.05, 3.63) is 47.1 Å². The third kappa shape index (κ3) is 3.64. The van der Waals surface area contributed by atoms with E-state index in [0.29, 0.717) is 5.82 Å². The van der Waals surface area contributed by atoms with Crippen molar-refractivity contribution in [2.75, 3.05) is 17.7 Å². The lowest BCUT2D eigenvalue weighted by atomic mass is 10.2. The Morgan fingerprint density at radius 3 is 2.64 bits per heavy atom. The lowest BCUT2D eigenvalue weighted by molar-refractivity contribution is 0.0693.